The zero-order chi connectivity index (χ0) is 19.3. The number of ether oxygens (including phenoxy) is 1. The fraction of sp³-hybridized carbons (Fsp3) is 0.632. The summed E-state index contributed by atoms with van der Waals surface area (Å²) in [7, 11) is 0. The summed E-state index contributed by atoms with van der Waals surface area (Å²) in [5, 5.41) is 9.15. The van der Waals surface area contributed by atoms with Crippen LogP contribution in [0.25, 0.3) is 0 Å². The number of carbonyl (C=O) groups is 3. The Morgan fingerprint density at radius 2 is 2.04 bits per heavy atom. The SMILES string of the molecule is CC(C)C(C)CCC(NC(=O)c1ccsc1)C(=O)N[C@@H]1C(=O)CO[C@H]1C. The van der Waals surface area contributed by atoms with Crippen LogP contribution in [0.2, 0.25) is 0 Å². The first kappa shape index (κ1) is 20.6. The molecule has 0 saturated carbocycles. The van der Waals surface area contributed by atoms with Gasteiger partial charge < -0.3 is 15.4 Å². The topological polar surface area (TPSA) is 84.5 Å². The molecular formula is C19H28N2O4S. The second-order valence-corrected chi connectivity index (χ2v) is 8.09. The van der Waals surface area contributed by atoms with Crippen molar-refractivity contribution >= 4 is 28.9 Å². The van der Waals surface area contributed by atoms with Crippen molar-refractivity contribution < 1.29 is 19.1 Å². The van der Waals surface area contributed by atoms with Gasteiger partial charge in [0.25, 0.3) is 5.91 Å². The molecule has 144 valence electrons. The van der Waals surface area contributed by atoms with Crippen LogP contribution < -0.4 is 10.6 Å². The number of carbonyl (C=O) groups excluding carboxylic acids is 3. The Kier molecular flexibility index (Phi) is 7.34. The maximum Gasteiger partial charge on any atom is 0.252 e. The van der Waals surface area contributed by atoms with E-state index in [1.54, 1.807) is 18.4 Å². The Morgan fingerprint density at radius 3 is 2.58 bits per heavy atom. The van der Waals surface area contributed by atoms with E-state index in [-0.39, 0.29) is 30.3 Å². The average molecular weight is 381 g/mol. The van der Waals surface area contributed by atoms with Gasteiger partial charge in [-0.2, -0.15) is 11.3 Å². The minimum atomic E-state index is -0.677. The van der Waals surface area contributed by atoms with Gasteiger partial charge in [-0.15, -0.1) is 0 Å². The molecule has 0 bridgehead atoms. The van der Waals surface area contributed by atoms with Crippen molar-refractivity contribution in [2.75, 3.05) is 6.61 Å². The van der Waals surface area contributed by atoms with E-state index in [9.17, 15) is 14.4 Å². The first-order chi connectivity index (χ1) is 12.3. The molecule has 2 heterocycles. The lowest BCUT2D eigenvalue weighted by Gasteiger charge is -2.23. The maximum atomic E-state index is 12.7. The number of Topliss-reactive ketones (excluding diaryl/α,β-unsaturated/α-hetero) is 1. The number of ketones is 1. The third-order valence-corrected chi connectivity index (χ3v) is 5.74. The standard InChI is InChI=1S/C19H28N2O4S/c1-11(2)12(3)5-6-15(20-18(23)14-7-8-26-10-14)19(24)21-17-13(4)25-9-16(17)22/h7-8,10-13,15,17H,5-6,9H2,1-4H3,(H,20,23)(H,21,24)/t12?,13-,15?,17-/m0/s1. The fourth-order valence-electron chi connectivity index (χ4n) is 2.78. The van der Waals surface area contributed by atoms with Gasteiger partial charge in [0.1, 0.15) is 18.7 Å². The largest absolute Gasteiger partial charge is 0.368 e. The van der Waals surface area contributed by atoms with Crippen molar-refractivity contribution in [1.29, 1.82) is 0 Å². The van der Waals surface area contributed by atoms with Crippen LogP contribution in [0.4, 0.5) is 0 Å². The minimum absolute atomic E-state index is 0.0163. The Balaban J connectivity index is 2.04. The highest BCUT2D eigenvalue weighted by atomic mass is 32.1. The third-order valence-electron chi connectivity index (χ3n) is 5.06. The molecule has 0 radical (unpaired) electrons. The quantitative estimate of drug-likeness (QED) is 0.725. The third kappa shape index (κ3) is 5.38. The van der Waals surface area contributed by atoms with Crippen LogP contribution in [0.5, 0.6) is 0 Å². The molecule has 2 unspecified atom stereocenters. The molecule has 4 atom stereocenters. The zero-order valence-corrected chi connectivity index (χ0v) is 16.6. The van der Waals surface area contributed by atoms with E-state index in [2.05, 4.69) is 31.4 Å². The summed E-state index contributed by atoms with van der Waals surface area (Å²) < 4.78 is 5.28. The monoisotopic (exact) mass is 380 g/mol. The average Bonchev–Trinajstić information content (AvgIpc) is 3.23. The first-order valence-corrected chi connectivity index (χ1v) is 10.0. The smallest absolute Gasteiger partial charge is 0.252 e. The molecule has 7 heteroatoms. The molecule has 1 aromatic heterocycles. The summed E-state index contributed by atoms with van der Waals surface area (Å²) in [6, 6.07) is 0.400. The lowest BCUT2D eigenvalue weighted by atomic mass is 9.91. The molecule has 2 amide bonds. The van der Waals surface area contributed by atoms with E-state index >= 15 is 0 Å². The lowest BCUT2D eigenvalue weighted by molar-refractivity contribution is -0.127. The molecule has 1 fully saturated rings. The number of hydrogen-bond donors (Lipinski definition) is 2. The van der Waals surface area contributed by atoms with Crippen LogP contribution in [-0.4, -0.2) is 42.4 Å². The van der Waals surface area contributed by atoms with Crippen LogP contribution in [0, 0.1) is 11.8 Å². The van der Waals surface area contributed by atoms with Crippen LogP contribution in [0.1, 0.15) is 50.9 Å². The number of hydrogen-bond acceptors (Lipinski definition) is 5. The Hall–Kier alpha value is -1.73. The molecule has 0 aliphatic carbocycles. The highest BCUT2D eigenvalue weighted by Gasteiger charge is 2.35. The minimum Gasteiger partial charge on any atom is -0.368 e. The Bertz CT molecular complexity index is 629. The highest BCUT2D eigenvalue weighted by Crippen LogP contribution is 2.18. The summed E-state index contributed by atoms with van der Waals surface area (Å²) >= 11 is 1.43. The van der Waals surface area contributed by atoms with Gasteiger partial charge in [-0.3, -0.25) is 14.4 Å². The predicted molar refractivity (Wildman–Crippen MR) is 101 cm³/mol. The highest BCUT2D eigenvalue weighted by molar-refractivity contribution is 7.08. The zero-order valence-electron chi connectivity index (χ0n) is 15.8. The van der Waals surface area contributed by atoms with Crippen molar-refractivity contribution in [1.82, 2.24) is 10.6 Å². The maximum absolute atomic E-state index is 12.7. The van der Waals surface area contributed by atoms with Crippen molar-refractivity contribution in [2.45, 2.75) is 58.7 Å². The number of thiophene rings is 1. The van der Waals surface area contributed by atoms with Gasteiger partial charge in [0, 0.05) is 5.38 Å². The van der Waals surface area contributed by atoms with E-state index in [4.69, 9.17) is 4.74 Å². The van der Waals surface area contributed by atoms with Gasteiger partial charge in [0.05, 0.1) is 11.7 Å². The Morgan fingerprint density at radius 1 is 1.31 bits per heavy atom. The molecule has 0 aromatic carbocycles. The van der Waals surface area contributed by atoms with Gasteiger partial charge in [0.2, 0.25) is 5.91 Å². The molecule has 6 nitrogen and oxygen atoms in total. The first-order valence-electron chi connectivity index (χ1n) is 9.07. The molecule has 1 aromatic rings. The van der Waals surface area contributed by atoms with Crippen LogP contribution >= 0.6 is 11.3 Å². The normalized spacial score (nSPS) is 22.3. The molecular weight excluding hydrogens is 352 g/mol. The van der Waals surface area contributed by atoms with Crippen molar-refractivity contribution in [3.05, 3.63) is 22.4 Å². The summed E-state index contributed by atoms with van der Waals surface area (Å²) in [6.07, 6.45) is 0.982. The molecule has 2 N–H and O–H groups in total. The molecule has 0 spiro atoms. The Labute approximate surface area is 158 Å². The molecule has 1 aliphatic rings. The fourth-order valence-corrected chi connectivity index (χ4v) is 3.42. The van der Waals surface area contributed by atoms with Crippen molar-refractivity contribution in [3.63, 3.8) is 0 Å². The molecule has 2 rings (SSSR count). The lowest BCUT2D eigenvalue weighted by Crippen LogP contribution is -2.53. The van der Waals surface area contributed by atoms with Gasteiger partial charge in [0.15, 0.2) is 5.78 Å². The number of amides is 2. The molecule has 1 aliphatic heterocycles. The molecule has 26 heavy (non-hydrogen) atoms. The summed E-state index contributed by atoms with van der Waals surface area (Å²) in [6.45, 7) is 8.19. The van der Waals surface area contributed by atoms with E-state index in [0.717, 1.165) is 6.42 Å². The van der Waals surface area contributed by atoms with Gasteiger partial charge >= 0.3 is 0 Å². The van der Waals surface area contributed by atoms with Crippen molar-refractivity contribution in [2.24, 2.45) is 11.8 Å². The number of nitrogens with one attached hydrogen (secondary N) is 2. The van der Waals surface area contributed by atoms with Gasteiger partial charge in [-0.25, -0.2) is 0 Å². The van der Waals surface area contributed by atoms with E-state index in [0.29, 0.717) is 23.8 Å². The second-order valence-electron chi connectivity index (χ2n) is 7.31. The van der Waals surface area contributed by atoms with Gasteiger partial charge in [-0.1, -0.05) is 20.8 Å². The second kappa shape index (κ2) is 9.28. The summed E-state index contributed by atoms with van der Waals surface area (Å²) in [5.74, 6) is 0.185. The summed E-state index contributed by atoms with van der Waals surface area (Å²) in [4.78, 5) is 37.0. The van der Waals surface area contributed by atoms with E-state index < -0.39 is 12.1 Å². The van der Waals surface area contributed by atoms with Gasteiger partial charge in [-0.05, 0) is 43.0 Å². The number of rotatable bonds is 8. The van der Waals surface area contributed by atoms with E-state index in [1.807, 2.05) is 5.38 Å². The summed E-state index contributed by atoms with van der Waals surface area (Å²) in [5.41, 5.74) is 0.540. The van der Waals surface area contributed by atoms with Crippen LogP contribution in [0.3, 0.4) is 0 Å². The van der Waals surface area contributed by atoms with Crippen LogP contribution in [0.15, 0.2) is 16.8 Å². The van der Waals surface area contributed by atoms with E-state index in [1.165, 1.54) is 11.3 Å². The predicted octanol–water partition coefficient (Wildman–Crippen LogP) is 2.39. The van der Waals surface area contributed by atoms with Crippen LogP contribution in [-0.2, 0) is 14.3 Å². The van der Waals surface area contributed by atoms with Crippen molar-refractivity contribution in [3.8, 4) is 0 Å². The molecule has 1 saturated heterocycles.